The van der Waals surface area contributed by atoms with Crippen LogP contribution in [0.1, 0.15) is 12.0 Å². The molecule has 0 bridgehead atoms. The predicted octanol–water partition coefficient (Wildman–Crippen LogP) is 1.23. The zero-order valence-corrected chi connectivity index (χ0v) is 12.7. The van der Waals surface area contributed by atoms with Gasteiger partial charge in [0.25, 0.3) is 0 Å². The van der Waals surface area contributed by atoms with Crippen molar-refractivity contribution >= 4 is 0 Å². The van der Waals surface area contributed by atoms with Gasteiger partial charge in [-0.15, -0.1) is 0 Å². The van der Waals surface area contributed by atoms with Crippen LogP contribution in [0.3, 0.4) is 0 Å². The molecule has 0 amide bonds. The molecule has 2 unspecified atom stereocenters. The molecule has 1 aliphatic rings. The molecule has 0 aliphatic carbocycles. The molecule has 1 N–H and O–H groups in total. The van der Waals surface area contributed by atoms with Gasteiger partial charge in [0.05, 0.1) is 13.2 Å². The van der Waals surface area contributed by atoms with Crippen molar-refractivity contribution in [3.05, 3.63) is 29.8 Å². The third kappa shape index (κ3) is 3.72. The van der Waals surface area contributed by atoms with Gasteiger partial charge in [-0.05, 0) is 45.2 Å². The summed E-state index contributed by atoms with van der Waals surface area (Å²) in [6.45, 7) is 3.05. The van der Waals surface area contributed by atoms with E-state index in [0.29, 0.717) is 6.42 Å². The fourth-order valence-corrected chi connectivity index (χ4v) is 2.95. The van der Waals surface area contributed by atoms with Gasteiger partial charge >= 0.3 is 0 Å². The Morgan fingerprint density at radius 3 is 2.80 bits per heavy atom. The van der Waals surface area contributed by atoms with Gasteiger partial charge in [-0.25, -0.2) is 0 Å². The van der Waals surface area contributed by atoms with Crippen molar-refractivity contribution in [2.75, 3.05) is 40.8 Å². The third-order valence-corrected chi connectivity index (χ3v) is 4.18. The number of nitrogens with zero attached hydrogens (tertiary/aromatic N) is 2. The van der Waals surface area contributed by atoms with Gasteiger partial charge in [0.2, 0.25) is 0 Å². The van der Waals surface area contributed by atoms with E-state index in [1.807, 2.05) is 24.3 Å². The number of methoxy groups -OCH3 is 1. The SMILES string of the molecule is COc1ccccc1CC(O)C1CN(C)CCCN1C. The summed E-state index contributed by atoms with van der Waals surface area (Å²) in [5.74, 6) is 0.858. The van der Waals surface area contributed by atoms with Crippen LogP contribution in [0.5, 0.6) is 5.75 Å². The van der Waals surface area contributed by atoms with Gasteiger partial charge in [0, 0.05) is 19.0 Å². The molecular weight excluding hydrogens is 252 g/mol. The summed E-state index contributed by atoms with van der Waals surface area (Å²) in [6.07, 6.45) is 1.41. The fourth-order valence-electron chi connectivity index (χ4n) is 2.95. The number of aliphatic hydroxyl groups excluding tert-OH is 1. The lowest BCUT2D eigenvalue weighted by molar-refractivity contribution is 0.0577. The second-order valence-corrected chi connectivity index (χ2v) is 5.75. The Morgan fingerprint density at radius 2 is 2.05 bits per heavy atom. The molecule has 20 heavy (non-hydrogen) atoms. The van der Waals surface area contributed by atoms with E-state index in [1.165, 1.54) is 0 Å². The Kier molecular flexibility index (Phi) is 5.40. The lowest BCUT2D eigenvalue weighted by Gasteiger charge is -2.31. The number of hydrogen-bond donors (Lipinski definition) is 1. The van der Waals surface area contributed by atoms with Crippen molar-refractivity contribution < 1.29 is 9.84 Å². The monoisotopic (exact) mass is 278 g/mol. The lowest BCUT2D eigenvalue weighted by Crippen LogP contribution is -2.47. The molecule has 1 saturated heterocycles. The van der Waals surface area contributed by atoms with E-state index in [9.17, 15) is 5.11 Å². The van der Waals surface area contributed by atoms with Crippen LogP contribution in [-0.4, -0.2) is 67.9 Å². The van der Waals surface area contributed by atoms with Crippen molar-refractivity contribution in [3.8, 4) is 5.75 Å². The van der Waals surface area contributed by atoms with Crippen molar-refractivity contribution in [1.29, 1.82) is 0 Å². The second-order valence-electron chi connectivity index (χ2n) is 5.75. The van der Waals surface area contributed by atoms with Crippen molar-refractivity contribution in [1.82, 2.24) is 9.80 Å². The van der Waals surface area contributed by atoms with Gasteiger partial charge in [0.15, 0.2) is 0 Å². The molecular formula is C16H26N2O2. The molecule has 1 aromatic rings. The van der Waals surface area contributed by atoms with Gasteiger partial charge in [-0.2, -0.15) is 0 Å². The van der Waals surface area contributed by atoms with Crippen LogP contribution in [0.4, 0.5) is 0 Å². The molecule has 1 fully saturated rings. The van der Waals surface area contributed by atoms with E-state index in [-0.39, 0.29) is 12.1 Å². The van der Waals surface area contributed by atoms with Crippen LogP contribution in [0.15, 0.2) is 24.3 Å². The van der Waals surface area contributed by atoms with Gasteiger partial charge in [0.1, 0.15) is 5.75 Å². The minimum Gasteiger partial charge on any atom is -0.496 e. The molecule has 112 valence electrons. The number of rotatable bonds is 4. The van der Waals surface area contributed by atoms with Crippen LogP contribution < -0.4 is 4.74 Å². The zero-order valence-electron chi connectivity index (χ0n) is 12.7. The maximum Gasteiger partial charge on any atom is 0.122 e. The van der Waals surface area contributed by atoms with Crippen molar-refractivity contribution in [2.45, 2.75) is 25.0 Å². The Balaban J connectivity index is 2.07. The van der Waals surface area contributed by atoms with E-state index < -0.39 is 0 Å². The second kappa shape index (κ2) is 7.07. The molecule has 1 heterocycles. The summed E-state index contributed by atoms with van der Waals surface area (Å²) in [5.41, 5.74) is 1.07. The summed E-state index contributed by atoms with van der Waals surface area (Å²) in [6, 6.07) is 8.11. The molecule has 2 atom stereocenters. The first-order valence-electron chi connectivity index (χ1n) is 7.30. The van der Waals surface area contributed by atoms with Gasteiger partial charge in [-0.3, -0.25) is 4.90 Å². The minimum atomic E-state index is -0.378. The highest BCUT2D eigenvalue weighted by molar-refractivity contribution is 5.33. The third-order valence-electron chi connectivity index (χ3n) is 4.18. The highest BCUT2D eigenvalue weighted by atomic mass is 16.5. The van der Waals surface area contributed by atoms with Crippen LogP contribution in [0, 0.1) is 0 Å². The molecule has 4 heteroatoms. The topological polar surface area (TPSA) is 35.9 Å². The first-order chi connectivity index (χ1) is 9.61. The quantitative estimate of drug-likeness (QED) is 0.899. The standard InChI is InChI=1S/C16H26N2O2/c1-17-9-6-10-18(2)14(12-17)15(19)11-13-7-4-5-8-16(13)20-3/h4-5,7-8,14-15,19H,6,9-12H2,1-3H3. The van der Waals surface area contributed by atoms with Gasteiger partial charge < -0.3 is 14.7 Å². The maximum absolute atomic E-state index is 10.6. The van der Waals surface area contributed by atoms with E-state index >= 15 is 0 Å². The number of hydrogen-bond acceptors (Lipinski definition) is 4. The van der Waals surface area contributed by atoms with Crippen molar-refractivity contribution in [2.24, 2.45) is 0 Å². The first kappa shape index (κ1) is 15.3. The van der Waals surface area contributed by atoms with E-state index in [4.69, 9.17) is 4.74 Å². The molecule has 0 radical (unpaired) electrons. The Labute approximate surface area is 122 Å². The minimum absolute atomic E-state index is 0.174. The number of ether oxygens (including phenoxy) is 1. The molecule has 0 saturated carbocycles. The van der Waals surface area contributed by atoms with Crippen LogP contribution >= 0.6 is 0 Å². The highest BCUT2D eigenvalue weighted by Gasteiger charge is 2.27. The molecule has 1 aromatic carbocycles. The largest absolute Gasteiger partial charge is 0.496 e. The van der Waals surface area contributed by atoms with E-state index in [1.54, 1.807) is 7.11 Å². The molecule has 4 nitrogen and oxygen atoms in total. The molecule has 0 aromatic heterocycles. The number of benzene rings is 1. The first-order valence-corrected chi connectivity index (χ1v) is 7.30. The Hall–Kier alpha value is -1.10. The maximum atomic E-state index is 10.6. The summed E-state index contributed by atoms with van der Waals surface area (Å²) in [7, 11) is 5.91. The van der Waals surface area contributed by atoms with E-state index in [2.05, 4.69) is 23.9 Å². The average molecular weight is 278 g/mol. The smallest absolute Gasteiger partial charge is 0.122 e. The molecule has 0 spiro atoms. The zero-order chi connectivity index (χ0) is 14.5. The Bertz CT molecular complexity index is 425. The molecule has 1 aliphatic heterocycles. The summed E-state index contributed by atoms with van der Waals surface area (Å²) in [5, 5.41) is 10.6. The fraction of sp³-hybridized carbons (Fsp3) is 0.625. The average Bonchev–Trinajstić information content (AvgIpc) is 2.61. The highest BCUT2D eigenvalue weighted by Crippen LogP contribution is 2.21. The summed E-state index contributed by atoms with van der Waals surface area (Å²) in [4.78, 5) is 4.59. The van der Waals surface area contributed by atoms with Crippen LogP contribution in [0.2, 0.25) is 0 Å². The summed E-state index contributed by atoms with van der Waals surface area (Å²) >= 11 is 0. The van der Waals surface area contributed by atoms with Gasteiger partial charge in [-0.1, -0.05) is 18.2 Å². The lowest BCUT2D eigenvalue weighted by atomic mass is 10.00. The normalized spacial score (nSPS) is 23.3. The van der Waals surface area contributed by atoms with Crippen molar-refractivity contribution in [3.63, 3.8) is 0 Å². The van der Waals surface area contributed by atoms with Crippen LogP contribution in [0.25, 0.3) is 0 Å². The Morgan fingerprint density at radius 1 is 1.30 bits per heavy atom. The number of para-hydroxylation sites is 1. The number of aliphatic hydroxyl groups is 1. The predicted molar refractivity (Wildman–Crippen MR) is 81.2 cm³/mol. The molecule has 2 rings (SSSR count). The van der Waals surface area contributed by atoms with E-state index in [0.717, 1.165) is 37.4 Å². The van der Waals surface area contributed by atoms with Crippen LogP contribution in [-0.2, 0) is 6.42 Å². The number of likely N-dealkylation sites (N-methyl/N-ethyl adjacent to an activating group) is 2. The summed E-state index contributed by atoms with van der Waals surface area (Å²) < 4.78 is 5.37.